The molecule has 0 aromatic heterocycles. The number of nitrogens with one attached hydrogen (secondary N) is 1. The van der Waals surface area contributed by atoms with E-state index in [4.69, 9.17) is 9.47 Å². The number of benzene rings is 2. The van der Waals surface area contributed by atoms with Crippen LogP contribution in [0, 0.1) is 0 Å². The summed E-state index contributed by atoms with van der Waals surface area (Å²) in [6, 6.07) is 17.6. The summed E-state index contributed by atoms with van der Waals surface area (Å²) >= 11 is 1.81. The highest BCUT2D eigenvalue weighted by molar-refractivity contribution is 7.99. The van der Waals surface area contributed by atoms with Crippen LogP contribution in [0.4, 0.5) is 0 Å². The summed E-state index contributed by atoms with van der Waals surface area (Å²) in [5.41, 5.74) is 0.658. The topological polar surface area (TPSA) is 47.6 Å². The summed E-state index contributed by atoms with van der Waals surface area (Å²) in [5.74, 6) is 1.72. The van der Waals surface area contributed by atoms with Gasteiger partial charge in [0.2, 0.25) is 0 Å². The first-order valence-electron chi connectivity index (χ1n) is 9.12. The van der Waals surface area contributed by atoms with Crippen molar-refractivity contribution >= 4 is 17.7 Å². The summed E-state index contributed by atoms with van der Waals surface area (Å²) in [6.45, 7) is 2.08. The molecule has 4 nitrogen and oxygen atoms in total. The number of rotatable bonds is 9. The van der Waals surface area contributed by atoms with Crippen LogP contribution in [0.5, 0.6) is 5.75 Å². The van der Waals surface area contributed by atoms with Crippen LogP contribution in [0.2, 0.25) is 0 Å². The van der Waals surface area contributed by atoms with Gasteiger partial charge in [0, 0.05) is 23.6 Å². The van der Waals surface area contributed by atoms with Crippen LogP contribution < -0.4 is 10.1 Å². The van der Waals surface area contributed by atoms with E-state index in [1.54, 1.807) is 12.1 Å². The van der Waals surface area contributed by atoms with E-state index in [1.165, 1.54) is 4.90 Å². The molecule has 2 aromatic carbocycles. The number of thioether (sulfide) groups is 1. The van der Waals surface area contributed by atoms with E-state index in [1.807, 2.05) is 42.1 Å². The lowest BCUT2D eigenvalue weighted by Gasteiger charge is -2.11. The molecule has 0 saturated carbocycles. The summed E-state index contributed by atoms with van der Waals surface area (Å²) in [5, 5.41) is 2.97. The molecule has 0 unspecified atom stereocenters. The van der Waals surface area contributed by atoms with Crippen LogP contribution in [0.1, 0.15) is 29.6 Å². The van der Waals surface area contributed by atoms with E-state index in [-0.39, 0.29) is 12.0 Å². The Kier molecular flexibility index (Phi) is 7.40. The minimum absolute atomic E-state index is 0.0413. The average Bonchev–Trinajstić information content (AvgIpc) is 3.21. The highest BCUT2D eigenvalue weighted by Gasteiger charge is 2.16. The second-order valence-electron chi connectivity index (χ2n) is 6.24. The number of ether oxygens (including phenoxy) is 2. The first-order valence-corrected chi connectivity index (χ1v) is 10.1. The van der Waals surface area contributed by atoms with Crippen molar-refractivity contribution in [2.45, 2.75) is 30.3 Å². The minimum atomic E-state index is -0.0413. The maximum absolute atomic E-state index is 12.2. The molecule has 138 valence electrons. The van der Waals surface area contributed by atoms with Gasteiger partial charge in [-0.15, -0.1) is 11.8 Å². The maximum atomic E-state index is 12.2. The van der Waals surface area contributed by atoms with E-state index in [2.05, 4.69) is 17.4 Å². The molecule has 1 fully saturated rings. The number of amides is 1. The predicted molar refractivity (Wildman–Crippen MR) is 105 cm³/mol. The number of hydrogen-bond acceptors (Lipinski definition) is 4. The Labute approximate surface area is 159 Å². The second-order valence-corrected chi connectivity index (χ2v) is 7.41. The Hall–Kier alpha value is -1.98. The Bertz CT molecular complexity index is 669. The number of carbonyl (C=O) groups excluding carboxylic acids is 1. The molecule has 1 heterocycles. The van der Waals surface area contributed by atoms with E-state index in [9.17, 15) is 4.79 Å². The fourth-order valence-electron chi connectivity index (χ4n) is 2.75. The van der Waals surface area contributed by atoms with Gasteiger partial charge in [-0.1, -0.05) is 18.2 Å². The third-order valence-corrected chi connectivity index (χ3v) is 5.29. The van der Waals surface area contributed by atoms with Crippen molar-refractivity contribution in [1.82, 2.24) is 5.32 Å². The molecule has 0 aliphatic carbocycles. The molecule has 5 heteroatoms. The molecule has 1 N–H and O–H groups in total. The van der Waals surface area contributed by atoms with Crippen molar-refractivity contribution in [1.29, 1.82) is 0 Å². The third-order valence-electron chi connectivity index (χ3n) is 4.19. The molecule has 0 radical (unpaired) electrons. The molecule has 3 rings (SSSR count). The first-order chi connectivity index (χ1) is 12.8. The molecule has 2 aromatic rings. The zero-order valence-corrected chi connectivity index (χ0v) is 15.7. The van der Waals surface area contributed by atoms with Gasteiger partial charge >= 0.3 is 0 Å². The molecular weight excluding hydrogens is 346 g/mol. The quantitative estimate of drug-likeness (QED) is 0.531. The van der Waals surface area contributed by atoms with Gasteiger partial charge in [-0.25, -0.2) is 0 Å². The zero-order chi connectivity index (χ0) is 18.0. The largest absolute Gasteiger partial charge is 0.491 e. The van der Waals surface area contributed by atoms with Crippen LogP contribution in [0.15, 0.2) is 59.5 Å². The predicted octanol–water partition coefficient (Wildman–Crippen LogP) is 4.16. The maximum Gasteiger partial charge on any atom is 0.251 e. The van der Waals surface area contributed by atoms with Crippen molar-refractivity contribution in [3.8, 4) is 5.75 Å². The van der Waals surface area contributed by atoms with Crippen LogP contribution in [-0.4, -0.2) is 37.5 Å². The Balaban J connectivity index is 1.33. The molecular formula is C21H25NO3S. The molecule has 1 aliphatic heterocycles. The Morgan fingerprint density at radius 2 is 1.96 bits per heavy atom. The van der Waals surface area contributed by atoms with Crippen LogP contribution in [0.25, 0.3) is 0 Å². The van der Waals surface area contributed by atoms with E-state index < -0.39 is 0 Å². The van der Waals surface area contributed by atoms with Gasteiger partial charge in [-0.05, 0) is 61.4 Å². The number of carbonyl (C=O) groups is 1. The smallest absolute Gasteiger partial charge is 0.251 e. The second kappa shape index (κ2) is 10.2. The van der Waals surface area contributed by atoms with Gasteiger partial charge in [0.05, 0.1) is 6.10 Å². The van der Waals surface area contributed by atoms with E-state index in [0.717, 1.165) is 37.4 Å². The van der Waals surface area contributed by atoms with Crippen molar-refractivity contribution in [2.75, 3.05) is 25.5 Å². The Morgan fingerprint density at radius 3 is 2.69 bits per heavy atom. The summed E-state index contributed by atoms with van der Waals surface area (Å²) < 4.78 is 11.3. The van der Waals surface area contributed by atoms with Gasteiger partial charge in [0.15, 0.2) is 0 Å². The van der Waals surface area contributed by atoms with Crippen molar-refractivity contribution in [3.05, 3.63) is 60.2 Å². The third kappa shape index (κ3) is 6.07. The van der Waals surface area contributed by atoms with Crippen LogP contribution in [-0.2, 0) is 4.74 Å². The standard InChI is InChI=1S/C21H25NO3S/c23-21(22-13-5-15-26-20-7-2-1-3-8-20)17-9-11-18(12-10-17)25-16-19-6-4-14-24-19/h1-3,7-12,19H,4-6,13-16H2,(H,22,23)/t19-/m0/s1. The average molecular weight is 372 g/mol. The van der Waals surface area contributed by atoms with E-state index >= 15 is 0 Å². The van der Waals surface area contributed by atoms with Gasteiger partial charge in [-0.3, -0.25) is 4.79 Å². The molecule has 26 heavy (non-hydrogen) atoms. The number of hydrogen-bond donors (Lipinski definition) is 1. The molecule has 0 bridgehead atoms. The molecule has 1 saturated heterocycles. The van der Waals surface area contributed by atoms with E-state index in [0.29, 0.717) is 18.7 Å². The monoisotopic (exact) mass is 371 g/mol. The highest BCUT2D eigenvalue weighted by atomic mass is 32.2. The highest BCUT2D eigenvalue weighted by Crippen LogP contribution is 2.18. The first kappa shape index (κ1) is 18.8. The van der Waals surface area contributed by atoms with Gasteiger partial charge < -0.3 is 14.8 Å². The molecule has 1 amide bonds. The van der Waals surface area contributed by atoms with Crippen LogP contribution in [0.3, 0.4) is 0 Å². The van der Waals surface area contributed by atoms with Crippen molar-refractivity contribution < 1.29 is 14.3 Å². The van der Waals surface area contributed by atoms with Gasteiger partial charge in [0.1, 0.15) is 12.4 Å². The zero-order valence-electron chi connectivity index (χ0n) is 14.9. The lowest BCUT2D eigenvalue weighted by molar-refractivity contribution is 0.0679. The minimum Gasteiger partial charge on any atom is -0.491 e. The fraction of sp³-hybridized carbons (Fsp3) is 0.381. The van der Waals surface area contributed by atoms with Gasteiger partial charge in [-0.2, -0.15) is 0 Å². The van der Waals surface area contributed by atoms with Gasteiger partial charge in [0.25, 0.3) is 5.91 Å². The SMILES string of the molecule is O=C(NCCCSc1ccccc1)c1ccc(OC[C@@H]2CCCO2)cc1. The summed E-state index contributed by atoms with van der Waals surface area (Å²) in [4.78, 5) is 13.4. The molecule has 1 aliphatic rings. The van der Waals surface area contributed by atoms with Crippen molar-refractivity contribution in [3.63, 3.8) is 0 Å². The summed E-state index contributed by atoms with van der Waals surface area (Å²) in [7, 11) is 0. The fourth-order valence-corrected chi connectivity index (χ4v) is 3.62. The Morgan fingerprint density at radius 1 is 1.15 bits per heavy atom. The summed E-state index contributed by atoms with van der Waals surface area (Å²) in [6.07, 6.45) is 3.31. The lowest BCUT2D eigenvalue weighted by atomic mass is 10.2. The lowest BCUT2D eigenvalue weighted by Crippen LogP contribution is -2.24. The molecule has 1 atom stereocenters. The van der Waals surface area contributed by atoms with Crippen molar-refractivity contribution in [2.24, 2.45) is 0 Å². The normalized spacial score (nSPS) is 16.4. The van der Waals surface area contributed by atoms with Crippen LogP contribution >= 0.6 is 11.8 Å². The molecule has 0 spiro atoms.